The van der Waals surface area contributed by atoms with Crippen molar-refractivity contribution in [1.82, 2.24) is 4.57 Å². The van der Waals surface area contributed by atoms with Gasteiger partial charge in [0, 0.05) is 40.4 Å². The van der Waals surface area contributed by atoms with Gasteiger partial charge in [0.25, 0.3) is 0 Å². The fraction of sp³-hybridized carbons (Fsp3) is 0.0233. The summed E-state index contributed by atoms with van der Waals surface area (Å²) in [5, 5.41) is 2.51. The van der Waals surface area contributed by atoms with Gasteiger partial charge in [-0.3, -0.25) is 0 Å². The smallest absolute Gasteiger partial charge is 0.0547 e. The van der Waals surface area contributed by atoms with E-state index in [0.29, 0.717) is 0 Å². The highest BCUT2D eigenvalue weighted by molar-refractivity contribution is 6.10. The van der Waals surface area contributed by atoms with Gasteiger partial charge in [0.05, 0.1) is 11.0 Å². The molecule has 8 aromatic rings. The van der Waals surface area contributed by atoms with Crippen molar-refractivity contribution >= 4 is 33.2 Å². The van der Waals surface area contributed by atoms with Crippen LogP contribution in [0.5, 0.6) is 0 Å². The van der Waals surface area contributed by atoms with Crippen LogP contribution in [0.25, 0.3) is 60.9 Å². The Morgan fingerprint density at radius 1 is 0.400 bits per heavy atom. The number of aromatic nitrogens is 1. The highest BCUT2D eigenvalue weighted by atomic mass is 15.1. The summed E-state index contributed by atoms with van der Waals surface area (Å²) in [6.07, 6.45) is 0. The minimum Gasteiger partial charge on any atom is -0.344 e. The summed E-state index contributed by atoms with van der Waals surface area (Å²) in [5.74, 6) is 0. The Kier molecular flexibility index (Phi) is 6.73. The van der Waals surface area contributed by atoms with E-state index in [4.69, 9.17) is 0 Å². The first-order valence-electron chi connectivity index (χ1n) is 15.4. The molecule has 1 aromatic heterocycles. The fourth-order valence-electron chi connectivity index (χ4n) is 6.55. The molecule has 0 aliphatic carbocycles. The Morgan fingerprint density at radius 2 is 1.00 bits per heavy atom. The molecule has 0 fully saturated rings. The summed E-state index contributed by atoms with van der Waals surface area (Å²) in [6.45, 7) is 0. The van der Waals surface area contributed by atoms with Gasteiger partial charge in [-0.2, -0.15) is 0 Å². The topological polar surface area (TPSA) is 8.17 Å². The molecule has 0 radical (unpaired) electrons. The maximum absolute atomic E-state index is 2.41. The van der Waals surface area contributed by atoms with E-state index in [1.807, 2.05) is 0 Å². The van der Waals surface area contributed by atoms with Crippen molar-refractivity contribution in [3.63, 3.8) is 0 Å². The Morgan fingerprint density at radius 3 is 1.78 bits per heavy atom. The molecule has 0 atom stereocenters. The first kappa shape index (κ1) is 26.7. The van der Waals surface area contributed by atoms with Crippen LogP contribution < -0.4 is 4.90 Å². The molecule has 0 N–H and O–H groups in total. The molecule has 0 unspecified atom stereocenters. The second-order valence-corrected chi connectivity index (χ2v) is 11.5. The van der Waals surface area contributed by atoms with Crippen LogP contribution in [0, 0.1) is 0 Å². The van der Waals surface area contributed by atoms with Gasteiger partial charge < -0.3 is 9.47 Å². The molecule has 0 aliphatic heterocycles. The minimum absolute atomic E-state index is 1.15. The third kappa shape index (κ3) is 4.87. The molecule has 45 heavy (non-hydrogen) atoms. The van der Waals surface area contributed by atoms with E-state index in [1.165, 1.54) is 55.2 Å². The Bertz CT molecular complexity index is 2280. The van der Waals surface area contributed by atoms with E-state index >= 15 is 0 Å². The Balaban J connectivity index is 1.26. The lowest BCUT2D eigenvalue weighted by Gasteiger charge is -2.23. The lowest BCUT2D eigenvalue weighted by molar-refractivity contribution is 1.18. The summed E-state index contributed by atoms with van der Waals surface area (Å²) in [6, 6.07) is 63.2. The van der Waals surface area contributed by atoms with Crippen LogP contribution in [-0.2, 0) is 0 Å². The van der Waals surface area contributed by atoms with Crippen molar-refractivity contribution in [3.05, 3.63) is 176 Å². The molecule has 0 aliphatic rings. The zero-order chi connectivity index (χ0) is 30.2. The van der Waals surface area contributed by atoms with E-state index in [1.54, 1.807) is 0 Å². The fourth-order valence-corrected chi connectivity index (χ4v) is 6.55. The van der Waals surface area contributed by atoms with Crippen molar-refractivity contribution in [2.24, 2.45) is 0 Å². The minimum atomic E-state index is 1.15. The van der Waals surface area contributed by atoms with Crippen LogP contribution in [0.4, 0.5) is 11.4 Å². The summed E-state index contributed by atoms with van der Waals surface area (Å²) < 4.78 is 2.41. The highest BCUT2D eigenvalue weighted by Crippen LogP contribution is 2.39. The van der Waals surface area contributed by atoms with Crippen LogP contribution in [0.1, 0.15) is 0 Å². The van der Waals surface area contributed by atoms with Crippen molar-refractivity contribution < 1.29 is 0 Å². The molecule has 214 valence electrons. The van der Waals surface area contributed by atoms with E-state index in [0.717, 1.165) is 17.1 Å². The number of para-hydroxylation sites is 2. The molecule has 8 rings (SSSR count). The first-order valence-corrected chi connectivity index (χ1v) is 15.4. The molecule has 0 bridgehead atoms. The number of benzene rings is 7. The second kappa shape index (κ2) is 11.3. The summed E-state index contributed by atoms with van der Waals surface area (Å²) in [4.78, 5) is 2.30. The zero-order valence-electron chi connectivity index (χ0n) is 25.1. The monoisotopic (exact) mass is 576 g/mol. The molecule has 0 saturated heterocycles. The SMILES string of the molecule is CN(c1cccc(-c2ccccc2)c1)c1ccccc1-c1ccc2c3ccccc3n(-c3cccc(-c4ccccc4)c3)c2c1. The molecule has 7 aromatic carbocycles. The molecule has 0 saturated carbocycles. The van der Waals surface area contributed by atoms with Crippen molar-refractivity contribution in [2.45, 2.75) is 0 Å². The Hall–Kier alpha value is -5.86. The standard InChI is InChI=1S/C43H32N2/c1-44(36-20-12-18-33(28-36)31-14-4-2-5-15-31)41-24-10-8-22-38(41)35-26-27-40-39-23-9-11-25-42(39)45(43(40)30-35)37-21-13-19-34(29-37)32-16-6-3-7-17-32/h2-30H,1H3. The van der Waals surface area contributed by atoms with Crippen LogP contribution in [-0.4, -0.2) is 11.6 Å². The number of hydrogen-bond donors (Lipinski definition) is 0. The van der Waals surface area contributed by atoms with Gasteiger partial charge in [-0.25, -0.2) is 0 Å². The predicted molar refractivity (Wildman–Crippen MR) is 192 cm³/mol. The maximum Gasteiger partial charge on any atom is 0.0547 e. The average molecular weight is 577 g/mol. The normalized spacial score (nSPS) is 11.2. The summed E-state index contributed by atoms with van der Waals surface area (Å²) >= 11 is 0. The van der Waals surface area contributed by atoms with Crippen molar-refractivity contribution in [3.8, 4) is 39.1 Å². The lowest BCUT2D eigenvalue weighted by Crippen LogP contribution is -2.10. The van der Waals surface area contributed by atoms with Crippen molar-refractivity contribution in [1.29, 1.82) is 0 Å². The van der Waals surface area contributed by atoms with Gasteiger partial charge in [-0.05, 0) is 70.3 Å². The van der Waals surface area contributed by atoms with Crippen LogP contribution in [0.15, 0.2) is 176 Å². The van der Waals surface area contributed by atoms with E-state index in [9.17, 15) is 0 Å². The van der Waals surface area contributed by atoms with Crippen molar-refractivity contribution in [2.75, 3.05) is 11.9 Å². The quantitative estimate of drug-likeness (QED) is 0.191. The maximum atomic E-state index is 2.41. The second-order valence-electron chi connectivity index (χ2n) is 11.5. The number of anilines is 2. The number of hydrogen-bond acceptors (Lipinski definition) is 1. The number of nitrogens with zero attached hydrogens (tertiary/aromatic N) is 2. The molecule has 2 heteroatoms. The van der Waals surface area contributed by atoms with Gasteiger partial charge in [-0.1, -0.05) is 133 Å². The van der Waals surface area contributed by atoms with Crippen LogP contribution in [0.2, 0.25) is 0 Å². The molecular weight excluding hydrogens is 544 g/mol. The largest absolute Gasteiger partial charge is 0.344 e. The van der Waals surface area contributed by atoms with Crippen LogP contribution >= 0.6 is 0 Å². The summed E-state index contributed by atoms with van der Waals surface area (Å²) in [7, 11) is 2.16. The number of rotatable bonds is 6. The van der Waals surface area contributed by atoms with E-state index < -0.39 is 0 Å². The van der Waals surface area contributed by atoms with Gasteiger partial charge in [-0.15, -0.1) is 0 Å². The Labute approximate surface area is 264 Å². The molecule has 1 heterocycles. The number of fused-ring (bicyclic) bond motifs is 3. The molecule has 0 amide bonds. The van der Waals surface area contributed by atoms with Gasteiger partial charge in [0.2, 0.25) is 0 Å². The van der Waals surface area contributed by atoms with E-state index in [-0.39, 0.29) is 0 Å². The van der Waals surface area contributed by atoms with Gasteiger partial charge >= 0.3 is 0 Å². The lowest BCUT2D eigenvalue weighted by atomic mass is 10.00. The van der Waals surface area contributed by atoms with Gasteiger partial charge in [0.1, 0.15) is 0 Å². The average Bonchev–Trinajstić information content (AvgIpc) is 3.46. The summed E-state index contributed by atoms with van der Waals surface area (Å²) in [5.41, 5.74) is 13.1. The molecule has 2 nitrogen and oxygen atoms in total. The highest BCUT2D eigenvalue weighted by Gasteiger charge is 2.16. The van der Waals surface area contributed by atoms with Crippen LogP contribution in [0.3, 0.4) is 0 Å². The third-order valence-electron chi connectivity index (χ3n) is 8.80. The predicted octanol–water partition coefficient (Wildman–Crippen LogP) is 11.6. The van der Waals surface area contributed by atoms with Gasteiger partial charge in [0.15, 0.2) is 0 Å². The molecular formula is C43H32N2. The van der Waals surface area contributed by atoms with E-state index in [2.05, 4.69) is 192 Å². The molecule has 0 spiro atoms. The first-order chi connectivity index (χ1) is 22.2. The third-order valence-corrected chi connectivity index (χ3v) is 8.80. The zero-order valence-corrected chi connectivity index (χ0v) is 25.1.